The Morgan fingerprint density at radius 3 is 2.33 bits per heavy atom. The highest BCUT2D eigenvalue weighted by Crippen LogP contribution is 2.78. The lowest BCUT2D eigenvalue weighted by Gasteiger charge is -2.71. The van der Waals surface area contributed by atoms with Crippen molar-refractivity contribution in [3.63, 3.8) is 0 Å². The number of ketones is 1. The van der Waals surface area contributed by atoms with Gasteiger partial charge in [0.2, 0.25) is 0 Å². The van der Waals surface area contributed by atoms with Crippen LogP contribution in [0.25, 0.3) is 0 Å². The van der Waals surface area contributed by atoms with E-state index >= 15 is 0 Å². The largest absolute Gasteiger partial charge is 0.394 e. The quantitative estimate of drug-likeness (QED) is 0.212. The monoisotopic (exact) mass is 663 g/mol. The molecule has 12 unspecified atom stereocenters. The van der Waals surface area contributed by atoms with E-state index in [1.54, 1.807) is 0 Å². The Labute approximate surface area is 289 Å². The third-order valence-electron chi connectivity index (χ3n) is 17.6. The van der Waals surface area contributed by atoms with Gasteiger partial charge in [-0.1, -0.05) is 65.2 Å². The molecule has 10 aliphatic carbocycles. The Kier molecular flexibility index (Phi) is 8.14. The van der Waals surface area contributed by atoms with Crippen molar-refractivity contribution in [1.82, 2.24) is 4.90 Å². The molecule has 0 aliphatic heterocycles. The lowest BCUT2D eigenvalue weighted by atomic mass is 9.32. The van der Waals surface area contributed by atoms with E-state index in [1.165, 1.54) is 25.7 Å². The number of aliphatic hydroxyl groups excluding tert-OH is 3. The molecule has 2 spiro atoms. The number of rotatable bonds is 9. The molecule has 10 aliphatic rings. The first-order chi connectivity index (χ1) is 22.7. The van der Waals surface area contributed by atoms with Gasteiger partial charge in [0.1, 0.15) is 0 Å². The van der Waals surface area contributed by atoms with Crippen LogP contribution in [0.5, 0.6) is 0 Å². The Morgan fingerprint density at radius 2 is 1.62 bits per heavy atom. The SMILES string of the molecule is CC1(C)C2CCC(CN(CC(O)CO)CC3(O)CCC4C56C=CC7(C=C5C(=O)C5CCCCC5)CC(O)CCC7(C)C6CCC43C)C1C2. The molecule has 6 nitrogen and oxygen atoms in total. The van der Waals surface area contributed by atoms with Gasteiger partial charge in [-0.15, -0.1) is 0 Å². The third-order valence-corrected chi connectivity index (χ3v) is 17.6. The summed E-state index contributed by atoms with van der Waals surface area (Å²) in [5.41, 5.74) is -0.570. The second kappa shape index (κ2) is 11.5. The lowest BCUT2D eigenvalue weighted by Crippen LogP contribution is -2.67. The van der Waals surface area contributed by atoms with Gasteiger partial charge in [-0.05, 0) is 117 Å². The molecule has 0 amide bonds. The molecule has 12 atom stereocenters. The smallest absolute Gasteiger partial charge is 0.162 e. The molecular weight excluding hydrogens is 598 g/mol. The number of nitrogens with zero attached hydrogens (tertiary/aromatic N) is 1. The van der Waals surface area contributed by atoms with E-state index < -0.39 is 11.7 Å². The number of Topliss-reactive ketones (excluding diaryl/α,β-unsaturated/α-hetero) is 1. The topological polar surface area (TPSA) is 101 Å². The van der Waals surface area contributed by atoms with Crippen LogP contribution >= 0.6 is 0 Å². The summed E-state index contributed by atoms with van der Waals surface area (Å²) in [7, 11) is 0. The summed E-state index contributed by atoms with van der Waals surface area (Å²) in [6.07, 6.45) is 21.4. The van der Waals surface area contributed by atoms with Gasteiger partial charge in [0.15, 0.2) is 5.78 Å². The van der Waals surface area contributed by atoms with E-state index in [-0.39, 0.29) is 46.2 Å². The normalized spacial score (nSPS) is 49.5. The van der Waals surface area contributed by atoms with Crippen LogP contribution in [0.1, 0.15) is 124 Å². The number of allylic oxidation sites excluding steroid dienone is 4. The molecule has 0 aromatic carbocycles. The van der Waals surface area contributed by atoms with Crippen LogP contribution in [-0.4, -0.2) is 75.2 Å². The molecule has 7 saturated carbocycles. The molecule has 6 heteroatoms. The number of fused-ring (bicyclic) bond motifs is 3. The molecule has 48 heavy (non-hydrogen) atoms. The van der Waals surface area contributed by atoms with E-state index in [0.29, 0.717) is 54.9 Å². The molecular formula is C42H65NO5. The Morgan fingerprint density at radius 1 is 0.917 bits per heavy atom. The Bertz CT molecular complexity index is 1350. The highest BCUT2D eigenvalue weighted by molar-refractivity contribution is 6.00. The molecule has 4 bridgehead atoms. The van der Waals surface area contributed by atoms with Crippen molar-refractivity contribution in [2.24, 2.45) is 62.6 Å². The van der Waals surface area contributed by atoms with E-state index in [9.17, 15) is 25.2 Å². The summed E-state index contributed by atoms with van der Waals surface area (Å²) in [6, 6.07) is 0. The lowest BCUT2D eigenvalue weighted by molar-refractivity contribution is -0.182. The average molecular weight is 664 g/mol. The fraction of sp³-hybridized carbons (Fsp3) is 0.881. The minimum atomic E-state index is -0.943. The van der Waals surface area contributed by atoms with Gasteiger partial charge in [0, 0.05) is 47.4 Å². The Hall–Kier alpha value is -1.05. The number of aliphatic hydroxyl groups is 4. The van der Waals surface area contributed by atoms with Crippen molar-refractivity contribution >= 4 is 5.78 Å². The Balaban J connectivity index is 1.15. The zero-order valence-corrected chi connectivity index (χ0v) is 30.4. The maximum absolute atomic E-state index is 14.9. The van der Waals surface area contributed by atoms with Crippen LogP contribution in [0.4, 0.5) is 0 Å². The van der Waals surface area contributed by atoms with Gasteiger partial charge in [0.25, 0.3) is 0 Å². The highest BCUT2D eigenvalue weighted by atomic mass is 16.3. The van der Waals surface area contributed by atoms with Gasteiger partial charge >= 0.3 is 0 Å². The van der Waals surface area contributed by atoms with Crippen LogP contribution in [0, 0.1) is 62.6 Å². The van der Waals surface area contributed by atoms with Crippen molar-refractivity contribution in [2.45, 2.75) is 142 Å². The van der Waals surface area contributed by atoms with Gasteiger partial charge in [0.05, 0.1) is 24.4 Å². The molecule has 0 aromatic heterocycles. The number of hydrogen-bond donors (Lipinski definition) is 4. The molecule has 0 radical (unpaired) electrons. The fourth-order valence-corrected chi connectivity index (χ4v) is 14.6. The molecule has 7 fully saturated rings. The number of hydrogen-bond acceptors (Lipinski definition) is 6. The summed E-state index contributed by atoms with van der Waals surface area (Å²) in [6.45, 7) is 11.2. The van der Waals surface area contributed by atoms with Gasteiger partial charge < -0.3 is 20.4 Å². The van der Waals surface area contributed by atoms with Crippen LogP contribution in [-0.2, 0) is 4.79 Å². The van der Waals surface area contributed by atoms with Crippen LogP contribution in [0.2, 0.25) is 0 Å². The van der Waals surface area contributed by atoms with E-state index in [1.807, 2.05) is 0 Å². The summed E-state index contributed by atoms with van der Waals surface area (Å²) >= 11 is 0. The van der Waals surface area contributed by atoms with Gasteiger partial charge in [-0.25, -0.2) is 0 Å². The molecule has 268 valence electrons. The second-order valence-corrected chi connectivity index (χ2v) is 19.7. The maximum Gasteiger partial charge on any atom is 0.162 e. The van der Waals surface area contributed by atoms with Crippen molar-refractivity contribution in [2.75, 3.05) is 26.2 Å². The predicted octanol–water partition coefficient (Wildman–Crippen LogP) is 6.45. The summed E-state index contributed by atoms with van der Waals surface area (Å²) in [5.74, 6) is 3.03. The first-order valence-corrected chi connectivity index (χ1v) is 20.1. The summed E-state index contributed by atoms with van der Waals surface area (Å²) in [4.78, 5) is 17.2. The zero-order chi connectivity index (χ0) is 33.9. The molecule has 0 saturated heterocycles. The van der Waals surface area contributed by atoms with Crippen LogP contribution in [0.15, 0.2) is 23.8 Å². The highest BCUT2D eigenvalue weighted by Gasteiger charge is 2.74. The predicted molar refractivity (Wildman–Crippen MR) is 188 cm³/mol. The summed E-state index contributed by atoms with van der Waals surface area (Å²) in [5, 5.41) is 44.8. The van der Waals surface area contributed by atoms with Crippen LogP contribution in [0.3, 0.4) is 0 Å². The van der Waals surface area contributed by atoms with Crippen molar-refractivity contribution in [1.29, 1.82) is 0 Å². The fourth-order valence-electron chi connectivity index (χ4n) is 14.6. The van der Waals surface area contributed by atoms with Gasteiger partial charge in [-0.2, -0.15) is 0 Å². The molecule has 10 rings (SSSR count). The minimum Gasteiger partial charge on any atom is -0.394 e. The standard InChI is InChI=1S/C42H65NO5/c1-37(2)29-11-10-28(32(37)20-29)23-43(24-31(46)25-44)26-41(48)17-14-35-39(41,4)16-13-34-38(3)15-12-30(45)21-40(38)18-19-42(34,35)33(22-40)36(47)27-8-6-5-7-9-27/h18-19,22,27-32,34-35,44-46,48H,5-17,20-21,23-26H2,1-4H3. The van der Waals surface area contributed by atoms with Crippen molar-refractivity contribution < 1.29 is 25.2 Å². The third kappa shape index (κ3) is 4.56. The average Bonchev–Trinajstić information content (AvgIpc) is 3.34. The molecule has 0 heterocycles. The molecule has 0 aromatic rings. The van der Waals surface area contributed by atoms with Crippen molar-refractivity contribution in [3.05, 3.63) is 23.8 Å². The zero-order valence-electron chi connectivity index (χ0n) is 30.4. The minimum absolute atomic E-state index is 0.00888. The van der Waals surface area contributed by atoms with E-state index in [2.05, 4.69) is 50.8 Å². The first-order valence-electron chi connectivity index (χ1n) is 20.1. The first kappa shape index (κ1) is 34.1. The number of carbonyl (C=O) groups is 1. The summed E-state index contributed by atoms with van der Waals surface area (Å²) < 4.78 is 0. The van der Waals surface area contributed by atoms with Crippen LogP contribution < -0.4 is 0 Å². The van der Waals surface area contributed by atoms with Crippen molar-refractivity contribution in [3.8, 4) is 0 Å². The van der Waals surface area contributed by atoms with E-state index in [0.717, 1.165) is 75.8 Å². The second-order valence-electron chi connectivity index (χ2n) is 19.7. The van der Waals surface area contributed by atoms with Gasteiger partial charge in [-0.3, -0.25) is 9.69 Å². The number of carbonyl (C=O) groups excluding carboxylic acids is 1. The maximum atomic E-state index is 14.9. The van der Waals surface area contributed by atoms with E-state index in [4.69, 9.17) is 0 Å². The molecule has 4 N–H and O–H groups in total.